The second-order valence-corrected chi connectivity index (χ2v) is 9.28. The fourth-order valence-corrected chi connectivity index (χ4v) is 4.81. The maximum atomic E-state index is 14.9. The van der Waals surface area contributed by atoms with E-state index in [-0.39, 0.29) is 12.3 Å². The van der Waals surface area contributed by atoms with Gasteiger partial charge in [0.25, 0.3) is 0 Å². The third-order valence-electron chi connectivity index (χ3n) is 5.84. The largest absolute Gasteiger partial charge is 0.300 e. The zero-order valence-corrected chi connectivity index (χ0v) is 18.8. The highest BCUT2D eigenvalue weighted by molar-refractivity contribution is 7.15. The highest BCUT2D eigenvalue weighted by atomic mass is 32.1. The van der Waals surface area contributed by atoms with E-state index >= 15 is 0 Å². The molecule has 0 spiro atoms. The molecule has 1 saturated carbocycles. The van der Waals surface area contributed by atoms with Gasteiger partial charge < -0.3 is 5.32 Å². The number of fused-ring (bicyclic) bond motifs is 1. The third-order valence-corrected chi connectivity index (χ3v) is 6.84. The van der Waals surface area contributed by atoms with Crippen LogP contribution in [0.2, 0.25) is 0 Å². The Bertz CT molecular complexity index is 1510. The van der Waals surface area contributed by atoms with Crippen LogP contribution in [-0.4, -0.2) is 30.5 Å². The Morgan fingerprint density at radius 1 is 1.06 bits per heavy atom. The van der Waals surface area contributed by atoms with Gasteiger partial charge >= 0.3 is 0 Å². The van der Waals surface area contributed by atoms with Gasteiger partial charge in [-0.15, -0.1) is 10.2 Å². The van der Waals surface area contributed by atoms with Crippen molar-refractivity contribution < 1.29 is 9.18 Å². The van der Waals surface area contributed by atoms with E-state index in [1.54, 1.807) is 24.7 Å². The molecule has 6 rings (SSSR count). The van der Waals surface area contributed by atoms with E-state index < -0.39 is 5.82 Å². The molecule has 168 valence electrons. The number of hydrogen-bond donors (Lipinski definition) is 1. The number of amides is 1. The summed E-state index contributed by atoms with van der Waals surface area (Å²) in [5, 5.41) is 12.3. The van der Waals surface area contributed by atoms with Crippen molar-refractivity contribution >= 4 is 28.0 Å². The number of nitrogens with zero attached hydrogens (tertiary/aromatic N) is 5. The molecule has 0 aliphatic heterocycles. The van der Waals surface area contributed by atoms with Gasteiger partial charge in [0.2, 0.25) is 11.0 Å². The Balaban J connectivity index is 1.20. The maximum Gasteiger partial charge on any atom is 0.230 e. The minimum Gasteiger partial charge on any atom is -0.300 e. The molecule has 1 fully saturated rings. The van der Waals surface area contributed by atoms with Gasteiger partial charge in [0.1, 0.15) is 16.5 Å². The lowest BCUT2D eigenvalue weighted by molar-refractivity contribution is -0.115. The highest BCUT2D eigenvalue weighted by Gasteiger charge is 2.27. The molecule has 7 nitrogen and oxygen atoms in total. The van der Waals surface area contributed by atoms with Gasteiger partial charge in [0.05, 0.1) is 18.3 Å². The molecule has 1 aliphatic carbocycles. The van der Waals surface area contributed by atoms with E-state index in [2.05, 4.69) is 25.5 Å². The summed E-state index contributed by atoms with van der Waals surface area (Å²) in [4.78, 5) is 21.0. The zero-order chi connectivity index (χ0) is 23.1. The highest BCUT2D eigenvalue weighted by Crippen LogP contribution is 2.42. The van der Waals surface area contributed by atoms with E-state index in [9.17, 15) is 9.18 Å². The number of aromatic nitrogens is 5. The molecular weight excluding hydrogens is 451 g/mol. The van der Waals surface area contributed by atoms with Crippen molar-refractivity contribution in [1.29, 1.82) is 0 Å². The number of carbonyl (C=O) groups is 1. The van der Waals surface area contributed by atoms with Crippen LogP contribution < -0.4 is 5.32 Å². The van der Waals surface area contributed by atoms with Crippen LogP contribution in [0.1, 0.15) is 29.3 Å². The monoisotopic (exact) mass is 470 g/mol. The van der Waals surface area contributed by atoms with Gasteiger partial charge in [0.15, 0.2) is 0 Å². The first-order chi connectivity index (χ1) is 16.6. The Kier molecular flexibility index (Phi) is 5.10. The first kappa shape index (κ1) is 20.6. The molecule has 0 radical (unpaired) electrons. The number of benzene rings is 1. The van der Waals surface area contributed by atoms with Crippen molar-refractivity contribution in [2.24, 2.45) is 0 Å². The van der Waals surface area contributed by atoms with Crippen molar-refractivity contribution in [2.75, 3.05) is 5.32 Å². The van der Waals surface area contributed by atoms with Crippen LogP contribution in [0.4, 0.5) is 9.52 Å². The lowest BCUT2D eigenvalue weighted by Crippen LogP contribution is -2.15. The summed E-state index contributed by atoms with van der Waals surface area (Å²) >= 11 is 1.39. The van der Waals surface area contributed by atoms with Gasteiger partial charge in [-0.3, -0.25) is 14.2 Å². The third kappa shape index (κ3) is 4.06. The Morgan fingerprint density at radius 3 is 2.71 bits per heavy atom. The Morgan fingerprint density at radius 2 is 1.91 bits per heavy atom. The summed E-state index contributed by atoms with van der Waals surface area (Å²) in [6, 6.07) is 12.8. The fraction of sp³-hybridized carbons (Fsp3) is 0.160. The van der Waals surface area contributed by atoms with Gasteiger partial charge in [-0.2, -0.15) is 0 Å². The average molecular weight is 471 g/mol. The van der Waals surface area contributed by atoms with Crippen LogP contribution in [0, 0.1) is 5.82 Å². The molecular formula is C25H19FN6OS. The topological polar surface area (TPSA) is 85.1 Å². The molecule has 0 bridgehead atoms. The molecule has 0 unspecified atom stereocenters. The average Bonchev–Trinajstić information content (AvgIpc) is 3.45. The predicted octanol–water partition coefficient (Wildman–Crippen LogP) is 5.11. The van der Waals surface area contributed by atoms with E-state index in [1.807, 2.05) is 40.9 Å². The van der Waals surface area contributed by atoms with E-state index in [0.29, 0.717) is 22.2 Å². The number of pyridine rings is 2. The van der Waals surface area contributed by atoms with Crippen molar-refractivity contribution in [3.63, 3.8) is 0 Å². The molecule has 1 aliphatic rings. The SMILES string of the molecule is O=C(Cc1ccc(-c2cnc3cc(-c4ccncc4)ccn23)cc1F)Nc1nnc(C2CC2)s1. The molecule has 0 saturated heterocycles. The number of halogens is 1. The minimum absolute atomic E-state index is 0.0765. The maximum absolute atomic E-state index is 14.9. The molecule has 1 aromatic carbocycles. The number of imidazole rings is 1. The standard InChI is InChI=1S/C25H19FN6OS/c26-20-11-19(4-3-18(20)13-23(33)29-25-31-30-24(34-25)16-1-2-16)21-14-28-22-12-17(7-10-32(21)22)15-5-8-27-9-6-15/h3-12,14,16H,1-2,13H2,(H,29,31,33). The Labute approximate surface area is 198 Å². The quantitative estimate of drug-likeness (QED) is 0.373. The number of nitrogens with one attached hydrogen (secondary N) is 1. The van der Waals surface area contributed by atoms with Crippen LogP contribution in [0.15, 0.2) is 67.3 Å². The molecule has 1 N–H and O–H groups in total. The summed E-state index contributed by atoms with van der Waals surface area (Å²) in [5.74, 6) is -0.273. The fourth-order valence-electron chi connectivity index (χ4n) is 3.88. The van der Waals surface area contributed by atoms with Gasteiger partial charge in [-0.05, 0) is 59.9 Å². The minimum atomic E-state index is -0.438. The lowest BCUT2D eigenvalue weighted by Gasteiger charge is -2.07. The summed E-state index contributed by atoms with van der Waals surface area (Å²) in [7, 11) is 0. The van der Waals surface area contributed by atoms with Gasteiger partial charge in [-0.1, -0.05) is 23.5 Å². The molecule has 5 aromatic rings. The smallest absolute Gasteiger partial charge is 0.230 e. The van der Waals surface area contributed by atoms with Crippen molar-refractivity contribution in [3.8, 4) is 22.4 Å². The van der Waals surface area contributed by atoms with E-state index in [1.165, 1.54) is 17.4 Å². The number of anilines is 1. The molecule has 4 heterocycles. The van der Waals surface area contributed by atoms with Crippen LogP contribution >= 0.6 is 11.3 Å². The second kappa shape index (κ2) is 8.42. The molecule has 9 heteroatoms. The molecule has 0 atom stereocenters. The zero-order valence-electron chi connectivity index (χ0n) is 18.0. The summed E-state index contributed by atoms with van der Waals surface area (Å²) in [6.45, 7) is 0. The van der Waals surface area contributed by atoms with Gasteiger partial charge in [-0.25, -0.2) is 9.37 Å². The van der Waals surface area contributed by atoms with Crippen molar-refractivity contribution in [3.05, 3.63) is 83.6 Å². The summed E-state index contributed by atoms with van der Waals surface area (Å²) in [6.07, 6.45) is 9.31. The predicted molar refractivity (Wildman–Crippen MR) is 128 cm³/mol. The number of hydrogen-bond acceptors (Lipinski definition) is 6. The van der Waals surface area contributed by atoms with Crippen molar-refractivity contribution in [2.45, 2.75) is 25.2 Å². The molecule has 4 aromatic heterocycles. The molecule has 1 amide bonds. The van der Waals surface area contributed by atoms with Gasteiger partial charge in [0, 0.05) is 30.1 Å². The van der Waals surface area contributed by atoms with Crippen molar-refractivity contribution in [1.82, 2.24) is 24.6 Å². The number of rotatable bonds is 6. The van der Waals surface area contributed by atoms with Crippen LogP contribution in [0.25, 0.3) is 28.0 Å². The lowest BCUT2D eigenvalue weighted by atomic mass is 10.1. The Hall–Kier alpha value is -3.98. The first-order valence-corrected chi connectivity index (χ1v) is 11.8. The van der Waals surface area contributed by atoms with Crippen LogP contribution in [0.5, 0.6) is 0 Å². The van der Waals surface area contributed by atoms with E-state index in [0.717, 1.165) is 40.3 Å². The first-order valence-electron chi connectivity index (χ1n) is 10.9. The van der Waals surface area contributed by atoms with Crippen LogP contribution in [0.3, 0.4) is 0 Å². The second-order valence-electron chi connectivity index (χ2n) is 8.27. The van der Waals surface area contributed by atoms with E-state index in [4.69, 9.17) is 0 Å². The summed E-state index contributed by atoms with van der Waals surface area (Å²) < 4.78 is 16.8. The van der Waals surface area contributed by atoms with Crippen LogP contribution in [-0.2, 0) is 11.2 Å². The molecule has 34 heavy (non-hydrogen) atoms. The normalized spacial score (nSPS) is 13.3. The summed E-state index contributed by atoms with van der Waals surface area (Å²) in [5.41, 5.74) is 4.61. The number of carbonyl (C=O) groups excluding carboxylic acids is 1.